The highest BCUT2D eigenvalue weighted by Crippen LogP contribution is 2.08. The number of carbonyl (C=O) groups is 2. The van der Waals surface area contributed by atoms with Crippen LogP contribution in [0.1, 0.15) is 63.1 Å². The molecular formula is C18H30N4O2. The molecule has 1 atom stereocenters. The molecule has 1 aromatic rings. The van der Waals surface area contributed by atoms with Gasteiger partial charge in [0.15, 0.2) is 0 Å². The van der Waals surface area contributed by atoms with E-state index < -0.39 is 0 Å². The van der Waals surface area contributed by atoms with Crippen LogP contribution in [0.3, 0.4) is 0 Å². The number of hydrogen-bond acceptors (Lipinski definition) is 4. The van der Waals surface area contributed by atoms with Crippen LogP contribution in [0, 0.1) is 12.8 Å². The van der Waals surface area contributed by atoms with Gasteiger partial charge in [-0.05, 0) is 32.6 Å². The van der Waals surface area contributed by atoms with Crippen molar-refractivity contribution in [1.29, 1.82) is 0 Å². The largest absolute Gasteiger partial charge is 0.354 e. The fourth-order valence-corrected chi connectivity index (χ4v) is 2.08. The molecule has 0 aliphatic rings. The molecule has 1 heterocycles. The highest BCUT2D eigenvalue weighted by molar-refractivity contribution is 5.92. The third-order valence-corrected chi connectivity index (χ3v) is 3.89. The number of aromatic nitrogens is 2. The number of nitrogens with zero attached hydrogens (tertiary/aromatic N) is 3. The second-order valence-corrected chi connectivity index (χ2v) is 6.64. The van der Waals surface area contributed by atoms with Crippen LogP contribution >= 0.6 is 0 Å². The van der Waals surface area contributed by atoms with E-state index in [0.29, 0.717) is 31.1 Å². The van der Waals surface area contributed by atoms with Gasteiger partial charge in [0.05, 0.1) is 11.9 Å². The molecule has 6 heteroatoms. The van der Waals surface area contributed by atoms with E-state index in [9.17, 15) is 9.59 Å². The second-order valence-electron chi connectivity index (χ2n) is 6.64. The van der Waals surface area contributed by atoms with E-state index >= 15 is 0 Å². The lowest BCUT2D eigenvalue weighted by atomic mass is 10.1. The number of rotatable bonds is 9. The molecule has 0 saturated carbocycles. The Kier molecular flexibility index (Phi) is 8.36. The van der Waals surface area contributed by atoms with E-state index in [2.05, 4.69) is 29.1 Å². The Morgan fingerprint density at radius 2 is 1.88 bits per heavy atom. The zero-order valence-corrected chi connectivity index (χ0v) is 15.5. The van der Waals surface area contributed by atoms with Gasteiger partial charge in [-0.25, -0.2) is 4.98 Å². The van der Waals surface area contributed by atoms with Crippen molar-refractivity contribution in [2.75, 3.05) is 13.1 Å². The molecule has 2 amide bonds. The minimum absolute atomic E-state index is 0.0262. The minimum Gasteiger partial charge on any atom is -0.354 e. The van der Waals surface area contributed by atoms with Crippen LogP contribution < -0.4 is 5.32 Å². The van der Waals surface area contributed by atoms with Crippen molar-refractivity contribution in [2.45, 2.75) is 59.9 Å². The Hall–Kier alpha value is -1.98. The van der Waals surface area contributed by atoms with Crippen LogP contribution in [0.4, 0.5) is 0 Å². The van der Waals surface area contributed by atoms with Gasteiger partial charge in [0.25, 0.3) is 5.91 Å². The smallest absolute Gasteiger partial charge is 0.274 e. The average Bonchev–Trinajstić information content (AvgIpc) is 2.54. The van der Waals surface area contributed by atoms with E-state index in [0.717, 1.165) is 18.5 Å². The molecule has 134 valence electrons. The maximum absolute atomic E-state index is 12.7. The first-order chi connectivity index (χ1) is 11.3. The van der Waals surface area contributed by atoms with E-state index in [-0.39, 0.29) is 17.9 Å². The van der Waals surface area contributed by atoms with Gasteiger partial charge in [-0.1, -0.05) is 20.8 Å². The SMILES string of the molecule is CC[C@H](C)NC(=O)CCN(CCC(C)C)C(=O)c1cnc(C)cn1. The molecule has 0 aliphatic carbocycles. The molecule has 0 saturated heterocycles. The first-order valence-corrected chi connectivity index (χ1v) is 8.70. The van der Waals surface area contributed by atoms with Gasteiger partial charge < -0.3 is 10.2 Å². The molecule has 6 nitrogen and oxygen atoms in total. The second kappa shape index (κ2) is 10.0. The Balaban J connectivity index is 2.70. The number of nitrogens with one attached hydrogen (secondary N) is 1. The fraction of sp³-hybridized carbons (Fsp3) is 0.667. The Morgan fingerprint density at radius 3 is 2.42 bits per heavy atom. The molecule has 1 aromatic heterocycles. The van der Waals surface area contributed by atoms with Gasteiger partial charge >= 0.3 is 0 Å². The molecule has 0 unspecified atom stereocenters. The third kappa shape index (κ3) is 7.06. The number of carbonyl (C=O) groups excluding carboxylic acids is 2. The van der Waals surface area contributed by atoms with Crippen molar-refractivity contribution >= 4 is 11.8 Å². The van der Waals surface area contributed by atoms with Crippen LogP contribution in [0.5, 0.6) is 0 Å². The summed E-state index contributed by atoms with van der Waals surface area (Å²) in [6.45, 7) is 11.1. The van der Waals surface area contributed by atoms with E-state index in [1.165, 1.54) is 6.20 Å². The van der Waals surface area contributed by atoms with E-state index in [4.69, 9.17) is 0 Å². The molecule has 1 N–H and O–H groups in total. The summed E-state index contributed by atoms with van der Waals surface area (Å²) >= 11 is 0. The van der Waals surface area contributed by atoms with Crippen LogP contribution in [0.25, 0.3) is 0 Å². The Bertz CT molecular complexity index is 528. The highest BCUT2D eigenvalue weighted by Gasteiger charge is 2.19. The van der Waals surface area contributed by atoms with Crippen molar-refractivity contribution in [3.63, 3.8) is 0 Å². The van der Waals surface area contributed by atoms with Gasteiger partial charge in [0.2, 0.25) is 5.91 Å². The predicted octanol–water partition coefficient (Wildman–Crippen LogP) is 2.58. The summed E-state index contributed by atoms with van der Waals surface area (Å²) in [5.41, 5.74) is 1.10. The first kappa shape index (κ1) is 20.1. The maximum atomic E-state index is 12.7. The summed E-state index contributed by atoms with van der Waals surface area (Å²) in [7, 11) is 0. The predicted molar refractivity (Wildman–Crippen MR) is 94.6 cm³/mol. The van der Waals surface area contributed by atoms with Crippen LogP contribution in [-0.4, -0.2) is 45.8 Å². The molecule has 0 radical (unpaired) electrons. The Labute approximate surface area is 145 Å². The summed E-state index contributed by atoms with van der Waals surface area (Å²) in [5, 5.41) is 2.93. The number of hydrogen-bond donors (Lipinski definition) is 1. The molecule has 0 aliphatic heterocycles. The molecule has 0 spiro atoms. The molecule has 0 aromatic carbocycles. The Morgan fingerprint density at radius 1 is 1.17 bits per heavy atom. The maximum Gasteiger partial charge on any atom is 0.274 e. The van der Waals surface area contributed by atoms with Crippen molar-refractivity contribution in [3.8, 4) is 0 Å². The van der Waals surface area contributed by atoms with Gasteiger partial charge in [-0.15, -0.1) is 0 Å². The van der Waals surface area contributed by atoms with Crippen molar-refractivity contribution in [1.82, 2.24) is 20.2 Å². The zero-order chi connectivity index (χ0) is 18.1. The lowest BCUT2D eigenvalue weighted by Crippen LogP contribution is -2.38. The van der Waals surface area contributed by atoms with Gasteiger partial charge in [0, 0.05) is 31.7 Å². The molecule has 24 heavy (non-hydrogen) atoms. The summed E-state index contributed by atoms with van der Waals surface area (Å²) < 4.78 is 0. The molecular weight excluding hydrogens is 304 g/mol. The first-order valence-electron chi connectivity index (χ1n) is 8.70. The fourth-order valence-electron chi connectivity index (χ4n) is 2.08. The summed E-state index contributed by atoms with van der Waals surface area (Å²) in [6.07, 6.45) is 5.16. The van der Waals surface area contributed by atoms with Crippen molar-refractivity contribution < 1.29 is 9.59 Å². The lowest BCUT2D eigenvalue weighted by molar-refractivity contribution is -0.121. The summed E-state index contributed by atoms with van der Waals surface area (Å²) in [6, 6.07) is 0.153. The summed E-state index contributed by atoms with van der Waals surface area (Å²) in [4.78, 5) is 34.6. The molecule has 0 bridgehead atoms. The quantitative estimate of drug-likeness (QED) is 0.753. The van der Waals surface area contributed by atoms with Gasteiger partial charge in [-0.3, -0.25) is 14.6 Å². The van der Waals surface area contributed by atoms with E-state index in [1.807, 2.05) is 20.8 Å². The zero-order valence-electron chi connectivity index (χ0n) is 15.5. The number of amides is 2. The van der Waals surface area contributed by atoms with Gasteiger partial charge in [-0.2, -0.15) is 0 Å². The monoisotopic (exact) mass is 334 g/mol. The van der Waals surface area contributed by atoms with Crippen LogP contribution in [0.2, 0.25) is 0 Å². The highest BCUT2D eigenvalue weighted by atomic mass is 16.2. The number of aryl methyl sites for hydroxylation is 1. The van der Waals surface area contributed by atoms with Crippen LogP contribution in [0.15, 0.2) is 12.4 Å². The minimum atomic E-state index is -0.167. The standard InChI is InChI=1S/C18H30N4O2/c1-6-14(4)21-17(23)8-10-22(9-7-13(2)3)18(24)16-12-19-15(5)11-20-16/h11-14H,6-10H2,1-5H3,(H,21,23)/t14-/m0/s1. The topological polar surface area (TPSA) is 75.2 Å². The van der Waals surface area contributed by atoms with Crippen LogP contribution in [-0.2, 0) is 4.79 Å². The molecule has 0 fully saturated rings. The normalized spacial score (nSPS) is 12.1. The van der Waals surface area contributed by atoms with E-state index in [1.54, 1.807) is 11.1 Å². The van der Waals surface area contributed by atoms with Crippen molar-refractivity contribution in [3.05, 3.63) is 23.8 Å². The molecule has 1 rings (SSSR count). The van der Waals surface area contributed by atoms with Gasteiger partial charge in [0.1, 0.15) is 5.69 Å². The average molecular weight is 334 g/mol. The third-order valence-electron chi connectivity index (χ3n) is 3.89. The summed E-state index contributed by atoms with van der Waals surface area (Å²) in [5.74, 6) is 0.291. The lowest BCUT2D eigenvalue weighted by Gasteiger charge is -2.23. The van der Waals surface area contributed by atoms with Crippen molar-refractivity contribution in [2.24, 2.45) is 5.92 Å².